The van der Waals surface area contributed by atoms with Gasteiger partial charge in [-0.1, -0.05) is 6.07 Å². The van der Waals surface area contributed by atoms with Gasteiger partial charge in [0.15, 0.2) is 0 Å². The number of halogens is 1. The summed E-state index contributed by atoms with van der Waals surface area (Å²) in [7, 11) is 0. The monoisotopic (exact) mass is 341 g/mol. The third kappa shape index (κ3) is 4.23. The van der Waals surface area contributed by atoms with E-state index in [9.17, 15) is 9.18 Å². The quantitative estimate of drug-likeness (QED) is 0.727. The van der Waals surface area contributed by atoms with E-state index in [1.807, 2.05) is 18.2 Å². The molecule has 1 aromatic carbocycles. The van der Waals surface area contributed by atoms with Gasteiger partial charge in [-0.05, 0) is 49.2 Å². The highest BCUT2D eigenvalue weighted by Gasteiger charge is 2.12. The van der Waals surface area contributed by atoms with Gasteiger partial charge >= 0.3 is 0 Å². The first-order valence-electron chi connectivity index (χ1n) is 7.61. The number of hydrogen-bond donors (Lipinski definition) is 1. The summed E-state index contributed by atoms with van der Waals surface area (Å²) in [5, 5.41) is 3.58. The second-order valence-electron chi connectivity index (χ2n) is 5.26. The van der Waals surface area contributed by atoms with Crippen molar-refractivity contribution in [2.75, 3.05) is 5.32 Å². The van der Waals surface area contributed by atoms with E-state index in [0.717, 1.165) is 24.1 Å². The van der Waals surface area contributed by atoms with Crippen LogP contribution < -0.4 is 5.32 Å². The van der Waals surface area contributed by atoms with Crippen molar-refractivity contribution >= 4 is 22.2 Å². The third-order valence-corrected chi connectivity index (χ3v) is 4.24. The van der Waals surface area contributed by atoms with Crippen molar-refractivity contribution in [2.45, 2.75) is 19.3 Å². The molecule has 0 aliphatic carbocycles. The van der Waals surface area contributed by atoms with E-state index in [1.54, 1.807) is 23.8 Å². The number of amides is 1. The SMILES string of the molecule is O=C(CCCc1ccccn1)Nc1scnc1-c1ccc(F)cc1. The van der Waals surface area contributed by atoms with Crippen molar-refractivity contribution in [3.8, 4) is 11.3 Å². The number of hydrogen-bond acceptors (Lipinski definition) is 4. The lowest BCUT2D eigenvalue weighted by Crippen LogP contribution is -2.11. The summed E-state index contributed by atoms with van der Waals surface area (Å²) in [6, 6.07) is 11.8. The van der Waals surface area contributed by atoms with E-state index in [4.69, 9.17) is 0 Å². The zero-order valence-corrected chi connectivity index (χ0v) is 13.7. The first-order chi connectivity index (χ1) is 11.7. The van der Waals surface area contributed by atoms with Crippen LogP contribution in [-0.4, -0.2) is 15.9 Å². The molecule has 0 aliphatic rings. The highest BCUT2D eigenvalue weighted by Crippen LogP contribution is 2.30. The summed E-state index contributed by atoms with van der Waals surface area (Å²) < 4.78 is 13.0. The Labute approximate surface area is 143 Å². The molecule has 2 aromatic heterocycles. The molecule has 0 aliphatic heterocycles. The molecule has 0 saturated heterocycles. The average molecular weight is 341 g/mol. The van der Waals surface area contributed by atoms with Gasteiger partial charge in [-0.15, -0.1) is 11.3 Å². The number of benzene rings is 1. The number of nitrogens with zero attached hydrogens (tertiary/aromatic N) is 2. The average Bonchev–Trinajstić information content (AvgIpc) is 3.04. The Bertz CT molecular complexity index is 803. The van der Waals surface area contributed by atoms with E-state index in [2.05, 4.69) is 15.3 Å². The molecule has 1 amide bonds. The number of anilines is 1. The van der Waals surface area contributed by atoms with Gasteiger partial charge in [0.2, 0.25) is 5.91 Å². The number of rotatable bonds is 6. The third-order valence-electron chi connectivity index (χ3n) is 3.50. The largest absolute Gasteiger partial charge is 0.316 e. The summed E-state index contributed by atoms with van der Waals surface area (Å²) in [6.07, 6.45) is 3.66. The molecule has 4 nitrogen and oxygen atoms in total. The van der Waals surface area contributed by atoms with Crippen LogP contribution in [-0.2, 0) is 11.2 Å². The number of carbonyl (C=O) groups is 1. The second-order valence-corrected chi connectivity index (χ2v) is 6.11. The van der Waals surface area contributed by atoms with E-state index >= 15 is 0 Å². The lowest BCUT2D eigenvalue weighted by molar-refractivity contribution is -0.116. The van der Waals surface area contributed by atoms with E-state index in [-0.39, 0.29) is 11.7 Å². The van der Waals surface area contributed by atoms with Gasteiger partial charge < -0.3 is 5.32 Å². The van der Waals surface area contributed by atoms with Gasteiger partial charge in [-0.3, -0.25) is 9.78 Å². The van der Waals surface area contributed by atoms with Crippen LogP contribution in [0.5, 0.6) is 0 Å². The molecule has 0 radical (unpaired) electrons. The van der Waals surface area contributed by atoms with Crippen LogP contribution in [0.3, 0.4) is 0 Å². The summed E-state index contributed by atoms with van der Waals surface area (Å²) in [5.74, 6) is -0.354. The van der Waals surface area contributed by atoms with Crippen LogP contribution in [0.25, 0.3) is 11.3 Å². The van der Waals surface area contributed by atoms with Gasteiger partial charge in [-0.25, -0.2) is 9.37 Å². The van der Waals surface area contributed by atoms with Gasteiger partial charge in [0.25, 0.3) is 0 Å². The Morgan fingerprint density at radius 1 is 1.12 bits per heavy atom. The molecular formula is C18H16FN3OS. The van der Waals surface area contributed by atoms with Crippen molar-refractivity contribution in [3.63, 3.8) is 0 Å². The topological polar surface area (TPSA) is 54.9 Å². The first-order valence-corrected chi connectivity index (χ1v) is 8.49. The Balaban J connectivity index is 1.57. The molecule has 6 heteroatoms. The zero-order chi connectivity index (χ0) is 16.8. The minimum atomic E-state index is -0.297. The number of aromatic nitrogens is 2. The molecule has 3 rings (SSSR count). The molecule has 0 saturated carbocycles. The number of carbonyl (C=O) groups excluding carboxylic acids is 1. The molecule has 24 heavy (non-hydrogen) atoms. The zero-order valence-electron chi connectivity index (χ0n) is 12.9. The number of nitrogens with one attached hydrogen (secondary N) is 1. The van der Waals surface area contributed by atoms with E-state index in [1.165, 1.54) is 23.5 Å². The molecular weight excluding hydrogens is 325 g/mol. The number of thiazole rings is 1. The standard InChI is InChI=1S/C18H16FN3OS/c19-14-9-7-13(8-10-14)17-18(24-12-21-17)22-16(23)6-3-5-15-4-1-2-11-20-15/h1-2,4,7-12H,3,5-6H2,(H,22,23). The summed E-state index contributed by atoms with van der Waals surface area (Å²) in [6.45, 7) is 0. The minimum absolute atomic E-state index is 0.0569. The van der Waals surface area contributed by atoms with E-state index in [0.29, 0.717) is 17.1 Å². The fourth-order valence-electron chi connectivity index (χ4n) is 2.31. The van der Waals surface area contributed by atoms with Gasteiger partial charge in [-0.2, -0.15) is 0 Å². The predicted octanol–water partition coefficient (Wildman–Crippen LogP) is 4.31. The maximum Gasteiger partial charge on any atom is 0.225 e. The van der Waals surface area contributed by atoms with Crippen molar-refractivity contribution in [3.05, 3.63) is 65.7 Å². The molecule has 2 heterocycles. The van der Waals surface area contributed by atoms with Crippen molar-refractivity contribution < 1.29 is 9.18 Å². The maximum absolute atomic E-state index is 13.0. The molecule has 0 unspecified atom stereocenters. The second kappa shape index (κ2) is 7.79. The normalized spacial score (nSPS) is 10.5. The number of pyridine rings is 1. The predicted molar refractivity (Wildman–Crippen MR) is 93.3 cm³/mol. The summed E-state index contributed by atoms with van der Waals surface area (Å²) in [5.41, 5.74) is 4.09. The van der Waals surface area contributed by atoms with Crippen LogP contribution in [0.2, 0.25) is 0 Å². The lowest BCUT2D eigenvalue weighted by Gasteiger charge is -2.06. The van der Waals surface area contributed by atoms with Gasteiger partial charge in [0.1, 0.15) is 16.5 Å². The Kier molecular flexibility index (Phi) is 5.28. The summed E-state index contributed by atoms with van der Waals surface area (Å²) >= 11 is 1.36. The fraction of sp³-hybridized carbons (Fsp3) is 0.167. The molecule has 0 spiro atoms. The van der Waals surface area contributed by atoms with Crippen LogP contribution in [0.4, 0.5) is 9.39 Å². The Morgan fingerprint density at radius 2 is 1.96 bits per heavy atom. The molecule has 3 aromatic rings. The van der Waals surface area contributed by atoms with Crippen LogP contribution in [0.1, 0.15) is 18.5 Å². The first kappa shape index (κ1) is 16.3. The van der Waals surface area contributed by atoms with Crippen LogP contribution in [0, 0.1) is 5.82 Å². The lowest BCUT2D eigenvalue weighted by atomic mass is 10.1. The van der Waals surface area contributed by atoms with Gasteiger partial charge in [0, 0.05) is 23.9 Å². The van der Waals surface area contributed by atoms with Crippen molar-refractivity contribution in [1.29, 1.82) is 0 Å². The summed E-state index contributed by atoms with van der Waals surface area (Å²) in [4.78, 5) is 20.6. The van der Waals surface area contributed by atoms with Gasteiger partial charge in [0.05, 0.1) is 5.51 Å². The molecule has 0 fully saturated rings. The molecule has 1 N–H and O–H groups in total. The van der Waals surface area contributed by atoms with Crippen LogP contribution >= 0.6 is 11.3 Å². The van der Waals surface area contributed by atoms with E-state index < -0.39 is 0 Å². The highest BCUT2D eigenvalue weighted by molar-refractivity contribution is 7.14. The highest BCUT2D eigenvalue weighted by atomic mass is 32.1. The fourth-order valence-corrected chi connectivity index (χ4v) is 3.03. The van der Waals surface area contributed by atoms with Crippen LogP contribution in [0.15, 0.2) is 54.2 Å². The Hall–Kier alpha value is -2.60. The smallest absolute Gasteiger partial charge is 0.225 e. The Morgan fingerprint density at radius 3 is 2.71 bits per heavy atom. The number of aryl methyl sites for hydroxylation is 1. The minimum Gasteiger partial charge on any atom is -0.316 e. The van der Waals surface area contributed by atoms with Crippen molar-refractivity contribution in [1.82, 2.24) is 9.97 Å². The molecule has 122 valence electrons. The van der Waals surface area contributed by atoms with Crippen molar-refractivity contribution in [2.24, 2.45) is 0 Å². The molecule has 0 atom stereocenters. The maximum atomic E-state index is 13.0. The molecule has 0 bridgehead atoms.